The number of rotatable bonds is 2. The van der Waals surface area contributed by atoms with Gasteiger partial charge in [-0.15, -0.1) is 11.1 Å². The van der Waals surface area contributed by atoms with Crippen molar-refractivity contribution < 1.29 is 14.7 Å². The molecule has 0 aliphatic carbocycles. The van der Waals surface area contributed by atoms with Gasteiger partial charge in [-0.2, -0.15) is 5.54 Å². The number of para-hydroxylation sites is 1. The molecule has 0 saturated heterocycles. The molecule has 0 aromatic heterocycles. The van der Waals surface area contributed by atoms with Crippen LogP contribution < -0.4 is 11.3 Å². The van der Waals surface area contributed by atoms with E-state index in [9.17, 15) is 14.7 Å². The molecule has 1 aromatic rings. The molecule has 0 atom stereocenters. The molecule has 25 heavy (non-hydrogen) atoms. The third-order valence-corrected chi connectivity index (χ3v) is 2.26. The standard InChI is InChI=1S/C10H14FN5O2.C3H6.2C2H6/c1-16(9(12)13)10(15-11)14-5-6-3-2-4-7(17)8(6)18;1-3-2;2*1-2/h2-4,17-18H,5H2,1H3,(H3,12,13)(H,14,15);3H,1H2,2H3;2*1-2H3. The van der Waals surface area contributed by atoms with Crippen LogP contribution in [0.15, 0.2) is 35.8 Å². The van der Waals surface area contributed by atoms with Gasteiger partial charge in [-0.25, -0.2) is 4.99 Å². The summed E-state index contributed by atoms with van der Waals surface area (Å²) in [5, 5.41) is 25.9. The molecule has 1 rings (SSSR count). The first-order chi connectivity index (χ1) is 11.9. The minimum Gasteiger partial charge on any atom is -0.504 e. The third-order valence-electron chi connectivity index (χ3n) is 2.26. The molecular formula is C17H32FN5O2. The van der Waals surface area contributed by atoms with Crippen molar-refractivity contribution in [2.75, 3.05) is 7.05 Å². The summed E-state index contributed by atoms with van der Waals surface area (Å²) >= 11 is 0. The van der Waals surface area contributed by atoms with Gasteiger partial charge >= 0.3 is 0 Å². The number of benzene rings is 1. The van der Waals surface area contributed by atoms with Crippen molar-refractivity contribution in [1.82, 2.24) is 10.4 Å². The summed E-state index contributed by atoms with van der Waals surface area (Å²) in [5.74, 6) is -1.26. The summed E-state index contributed by atoms with van der Waals surface area (Å²) < 4.78 is 12.5. The van der Waals surface area contributed by atoms with Crippen LogP contribution in [-0.4, -0.2) is 34.1 Å². The van der Waals surface area contributed by atoms with E-state index in [0.29, 0.717) is 5.56 Å². The summed E-state index contributed by atoms with van der Waals surface area (Å²) in [7, 11) is 1.36. The van der Waals surface area contributed by atoms with Crippen LogP contribution in [0.3, 0.4) is 0 Å². The first-order valence-electron chi connectivity index (χ1n) is 7.94. The molecule has 8 heteroatoms. The molecule has 0 amide bonds. The van der Waals surface area contributed by atoms with Gasteiger partial charge in [0, 0.05) is 12.6 Å². The van der Waals surface area contributed by atoms with E-state index in [-0.39, 0.29) is 30.0 Å². The van der Waals surface area contributed by atoms with Gasteiger partial charge in [-0.3, -0.25) is 10.3 Å². The number of nitrogens with zero attached hydrogens (tertiary/aromatic N) is 2. The van der Waals surface area contributed by atoms with Crippen LogP contribution in [0, 0.1) is 5.41 Å². The predicted octanol–water partition coefficient (Wildman–Crippen LogP) is 3.50. The zero-order valence-electron chi connectivity index (χ0n) is 16.0. The minimum atomic E-state index is -0.390. The second-order valence-corrected chi connectivity index (χ2v) is 3.87. The van der Waals surface area contributed by atoms with Crippen LogP contribution in [0.2, 0.25) is 0 Å². The number of halogens is 1. The smallest absolute Gasteiger partial charge is 0.229 e. The highest BCUT2D eigenvalue weighted by atomic mass is 19.2. The third kappa shape index (κ3) is 11.4. The minimum absolute atomic E-state index is 0.0793. The number of guanidine groups is 2. The number of hydrogen-bond donors (Lipinski definition) is 5. The fraction of sp³-hybridized carbons (Fsp3) is 0.412. The van der Waals surface area contributed by atoms with Gasteiger partial charge in [-0.05, 0) is 13.0 Å². The van der Waals surface area contributed by atoms with Crippen LogP contribution in [0.1, 0.15) is 40.2 Å². The summed E-state index contributed by atoms with van der Waals surface area (Å²) in [6.45, 7) is 13.2. The Hall–Kier alpha value is -2.77. The van der Waals surface area contributed by atoms with Crippen LogP contribution in [0.25, 0.3) is 0 Å². The van der Waals surface area contributed by atoms with E-state index in [4.69, 9.17) is 11.1 Å². The number of allylic oxidation sites excluding steroid dienone is 1. The predicted molar refractivity (Wildman–Crippen MR) is 103 cm³/mol. The second-order valence-electron chi connectivity index (χ2n) is 3.87. The number of phenols is 2. The molecule has 0 heterocycles. The topological polar surface area (TPSA) is 118 Å². The van der Waals surface area contributed by atoms with E-state index >= 15 is 0 Å². The average Bonchev–Trinajstić information content (AvgIpc) is 2.62. The van der Waals surface area contributed by atoms with Crippen LogP contribution in [0.4, 0.5) is 4.48 Å². The molecule has 0 bridgehead atoms. The maximum absolute atomic E-state index is 12.5. The normalized spacial score (nSPS) is 9.00. The number of aliphatic imine (C=N–C) groups is 1. The van der Waals surface area contributed by atoms with E-state index in [1.165, 1.54) is 30.8 Å². The molecule has 0 radical (unpaired) electrons. The maximum atomic E-state index is 12.5. The Kier molecular flexibility index (Phi) is 19.1. The Morgan fingerprint density at radius 1 is 1.36 bits per heavy atom. The second kappa shape index (κ2) is 17.6. The monoisotopic (exact) mass is 357 g/mol. The highest BCUT2D eigenvalue weighted by molar-refractivity contribution is 5.95. The molecule has 0 fully saturated rings. The van der Waals surface area contributed by atoms with Gasteiger partial charge < -0.3 is 15.9 Å². The summed E-state index contributed by atoms with van der Waals surface area (Å²) in [6, 6.07) is 4.37. The van der Waals surface area contributed by atoms with Gasteiger partial charge in [0.2, 0.25) is 5.96 Å². The SMILES string of the molecule is C=CC.CC.CC.CN(C(=N)N)C(=NCc1cccc(O)c1O)NF. The molecule has 7 nitrogen and oxygen atoms in total. The number of aromatic hydroxyl groups is 2. The summed E-state index contributed by atoms with van der Waals surface area (Å²) in [6.07, 6.45) is 1.75. The molecular weight excluding hydrogens is 325 g/mol. The number of phenolic OH excluding ortho intramolecular Hbond substituents is 2. The largest absolute Gasteiger partial charge is 0.504 e. The zero-order chi connectivity index (χ0) is 20.4. The Bertz CT molecular complexity index is 522. The van der Waals surface area contributed by atoms with Gasteiger partial charge in [0.15, 0.2) is 17.5 Å². The van der Waals surface area contributed by atoms with Crippen molar-refractivity contribution in [3.8, 4) is 11.5 Å². The van der Waals surface area contributed by atoms with Crippen molar-refractivity contribution in [3.63, 3.8) is 0 Å². The lowest BCUT2D eigenvalue weighted by atomic mass is 10.2. The van der Waals surface area contributed by atoms with Crippen LogP contribution in [0.5, 0.6) is 11.5 Å². The van der Waals surface area contributed by atoms with Gasteiger partial charge in [0.25, 0.3) is 0 Å². The number of nitrogens with two attached hydrogens (primary N) is 1. The van der Waals surface area contributed by atoms with Gasteiger partial charge in [0.1, 0.15) is 0 Å². The van der Waals surface area contributed by atoms with Gasteiger partial charge in [-0.1, -0.05) is 45.9 Å². The maximum Gasteiger partial charge on any atom is 0.229 e. The van der Waals surface area contributed by atoms with Gasteiger partial charge in [0.05, 0.1) is 6.54 Å². The van der Waals surface area contributed by atoms with E-state index in [0.717, 1.165) is 4.90 Å². The number of nitrogens with one attached hydrogen (secondary N) is 2. The Balaban J connectivity index is -0.000000605. The van der Waals surface area contributed by atoms with Crippen LogP contribution >= 0.6 is 0 Å². The lowest BCUT2D eigenvalue weighted by Gasteiger charge is -2.16. The first-order valence-corrected chi connectivity index (χ1v) is 7.94. The summed E-state index contributed by atoms with van der Waals surface area (Å²) in [5.41, 5.74) is 6.79. The molecule has 0 aliphatic heterocycles. The highest BCUT2D eigenvalue weighted by Gasteiger charge is 2.10. The molecule has 1 aromatic carbocycles. The van der Waals surface area contributed by atoms with Crippen molar-refractivity contribution in [2.24, 2.45) is 10.7 Å². The average molecular weight is 357 g/mol. The van der Waals surface area contributed by atoms with Crippen LogP contribution in [-0.2, 0) is 6.54 Å². The number of hydrogen-bond acceptors (Lipinski definition) is 4. The van der Waals surface area contributed by atoms with Crippen molar-refractivity contribution in [3.05, 3.63) is 36.4 Å². The molecule has 0 saturated carbocycles. The Morgan fingerprint density at radius 2 is 1.84 bits per heavy atom. The Labute approximate surface area is 150 Å². The van der Waals surface area contributed by atoms with E-state index in [2.05, 4.69) is 11.6 Å². The van der Waals surface area contributed by atoms with Crippen molar-refractivity contribution >= 4 is 11.9 Å². The fourth-order valence-electron chi connectivity index (χ4n) is 1.18. The van der Waals surface area contributed by atoms with Crippen molar-refractivity contribution in [1.29, 1.82) is 5.41 Å². The summed E-state index contributed by atoms with van der Waals surface area (Å²) in [4.78, 5) is 4.79. The van der Waals surface area contributed by atoms with E-state index in [1.807, 2.05) is 34.6 Å². The lowest BCUT2D eigenvalue weighted by molar-refractivity contribution is 0.397. The quantitative estimate of drug-likeness (QED) is 0.182. The molecule has 6 N–H and O–H groups in total. The zero-order valence-corrected chi connectivity index (χ0v) is 16.0. The molecule has 0 spiro atoms. The molecule has 0 unspecified atom stereocenters. The molecule has 144 valence electrons. The Morgan fingerprint density at radius 3 is 2.24 bits per heavy atom. The lowest BCUT2D eigenvalue weighted by Crippen LogP contribution is -2.43. The van der Waals surface area contributed by atoms with E-state index in [1.54, 1.807) is 6.08 Å². The van der Waals surface area contributed by atoms with E-state index < -0.39 is 0 Å². The first kappa shape index (κ1) is 27.1. The highest BCUT2D eigenvalue weighted by Crippen LogP contribution is 2.28. The van der Waals surface area contributed by atoms with Crippen molar-refractivity contribution in [2.45, 2.75) is 41.2 Å². The fourth-order valence-corrected chi connectivity index (χ4v) is 1.18. The molecule has 0 aliphatic rings.